The van der Waals surface area contributed by atoms with Gasteiger partial charge in [-0.3, -0.25) is 4.98 Å². The molecule has 1 aliphatic rings. The van der Waals surface area contributed by atoms with Gasteiger partial charge in [-0.1, -0.05) is 24.3 Å². The molecule has 1 aliphatic heterocycles. The second-order valence-corrected chi connectivity index (χ2v) is 9.30. The summed E-state index contributed by atoms with van der Waals surface area (Å²) in [5, 5.41) is 13.3. The molecule has 6 nitrogen and oxygen atoms in total. The molecule has 0 unspecified atom stereocenters. The molecule has 0 spiro atoms. The van der Waals surface area contributed by atoms with Crippen LogP contribution in [0.25, 0.3) is 5.69 Å². The smallest absolute Gasteiger partial charge is 0.335 e. The predicted octanol–water partition coefficient (Wildman–Crippen LogP) is 5.81. The highest BCUT2D eigenvalue weighted by Crippen LogP contribution is 2.44. The summed E-state index contributed by atoms with van der Waals surface area (Å²) in [6.07, 6.45) is 1.73. The van der Waals surface area contributed by atoms with E-state index >= 15 is 4.39 Å². The number of anilines is 1. The zero-order chi connectivity index (χ0) is 25.6. The summed E-state index contributed by atoms with van der Waals surface area (Å²) in [4.78, 5) is 18.1. The van der Waals surface area contributed by atoms with Gasteiger partial charge in [0.2, 0.25) is 0 Å². The summed E-state index contributed by atoms with van der Waals surface area (Å²) in [7, 11) is 0. The molecule has 182 valence electrons. The molecule has 3 heterocycles. The van der Waals surface area contributed by atoms with Crippen molar-refractivity contribution in [2.45, 2.75) is 32.9 Å². The highest BCUT2D eigenvalue weighted by molar-refractivity contribution is 7.80. The number of pyridine rings is 1. The van der Waals surface area contributed by atoms with Crippen molar-refractivity contribution < 1.29 is 14.3 Å². The summed E-state index contributed by atoms with van der Waals surface area (Å²) in [5.74, 6) is -1.35. The van der Waals surface area contributed by atoms with Crippen LogP contribution in [-0.4, -0.2) is 25.7 Å². The van der Waals surface area contributed by atoms with E-state index in [4.69, 9.17) is 12.2 Å². The van der Waals surface area contributed by atoms with E-state index in [1.807, 2.05) is 54.5 Å². The van der Waals surface area contributed by atoms with Gasteiger partial charge < -0.3 is 19.9 Å². The molecule has 36 heavy (non-hydrogen) atoms. The second-order valence-electron chi connectivity index (χ2n) is 8.92. The molecule has 0 radical (unpaired) electrons. The van der Waals surface area contributed by atoms with Crippen molar-refractivity contribution in [3.05, 3.63) is 113 Å². The van der Waals surface area contributed by atoms with Crippen LogP contribution in [0, 0.1) is 26.6 Å². The third-order valence-corrected chi connectivity index (χ3v) is 7.01. The summed E-state index contributed by atoms with van der Waals surface area (Å²) >= 11 is 5.73. The van der Waals surface area contributed by atoms with E-state index in [1.165, 1.54) is 6.07 Å². The van der Waals surface area contributed by atoms with Crippen molar-refractivity contribution in [1.82, 2.24) is 14.9 Å². The average molecular weight is 501 g/mol. The number of para-hydroxylation sites is 1. The molecule has 4 aromatic rings. The van der Waals surface area contributed by atoms with Crippen LogP contribution < -0.4 is 10.2 Å². The lowest BCUT2D eigenvalue weighted by atomic mass is 9.96. The molecule has 8 heteroatoms. The standard InChI is InChI=1S/C28H25FN4O2S/c1-16-11-12-19(27(34)35)15-24(16)32-17(2)14-20(18(32)3)26-25(22-9-6-7-13-30-22)31-28(36)33(26)23-10-5-4-8-21(23)29/h4-15,25-26H,1-3H3,(H,31,36)(H,34,35)/t25-,26-/m0/s1. The van der Waals surface area contributed by atoms with Crippen molar-refractivity contribution in [1.29, 1.82) is 0 Å². The van der Waals surface area contributed by atoms with Crippen molar-refractivity contribution in [2.24, 2.45) is 0 Å². The van der Waals surface area contributed by atoms with Gasteiger partial charge in [0.15, 0.2) is 5.11 Å². The lowest BCUT2D eigenvalue weighted by Crippen LogP contribution is -2.30. The molecular formula is C28H25FN4O2S. The highest BCUT2D eigenvalue weighted by atomic mass is 32.1. The molecule has 0 bridgehead atoms. The maximum absolute atomic E-state index is 15.1. The van der Waals surface area contributed by atoms with Crippen LogP contribution >= 0.6 is 12.2 Å². The van der Waals surface area contributed by atoms with Gasteiger partial charge in [0.05, 0.1) is 29.0 Å². The number of rotatable bonds is 5. The Bertz CT molecular complexity index is 1480. The minimum atomic E-state index is -0.981. The Balaban J connectivity index is 1.71. The number of aromatic carboxylic acids is 1. The van der Waals surface area contributed by atoms with E-state index in [-0.39, 0.29) is 23.5 Å². The van der Waals surface area contributed by atoms with Gasteiger partial charge in [-0.2, -0.15) is 0 Å². The molecule has 5 rings (SSSR count). The van der Waals surface area contributed by atoms with Crippen LogP contribution in [0.3, 0.4) is 0 Å². The monoisotopic (exact) mass is 500 g/mol. The third-order valence-electron chi connectivity index (χ3n) is 6.70. The zero-order valence-electron chi connectivity index (χ0n) is 20.1. The Morgan fingerprint density at radius 1 is 1.03 bits per heavy atom. The van der Waals surface area contributed by atoms with Gasteiger partial charge in [0.25, 0.3) is 0 Å². The number of carboxylic acid groups (broad SMARTS) is 1. The van der Waals surface area contributed by atoms with Gasteiger partial charge in [-0.25, -0.2) is 9.18 Å². The molecule has 1 saturated heterocycles. The van der Waals surface area contributed by atoms with Crippen LogP contribution in [0.15, 0.2) is 72.9 Å². The number of benzene rings is 2. The summed E-state index contributed by atoms with van der Waals surface area (Å²) < 4.78 is 17.1. The first-order chi connectivity index (χ1) is 17.3. The number of carboxylic acids is 1. The number of hydrogen-bond acceptors (Lipinski definition) is 3. The number of halogens is 1. The van der Waals surface area contributed by atoms with Crippen LogP contribution in [0.1, 0.15) is 50.7 Å². The van der Waals surface area contributed by atoms with Crippen LogP contribution in [0.2, 0.25) is 0 Å². The van der Waals surface area contributed by atoms with Crippen molar-refractivity contribution >= 4 is 29.0 Å². The number of aromatic nitrogens is 2. The van der Waals surface area contributed by atoms with Crippen molar-refractivity contribution in [3.8, 4) is 5.69 Å². The molecule has 2 N–H and O–H groups in total. The maximum Gasteiger partial charge on any atom is 0.335 e. The molecule has 0 saturated carbocycles. The van der Waals surface area contributed by atoms with Gasteiger partial charge in [-0.05, 0) is 86.6 Å². The molecule has 0 amide bonds. The lowest BCUT2D eigenvalue weighted by molar-refractivity contribution is 0.0697. The molecule has 0 aliphatic carbocycles. The molecule has 2 aromatic carbocycles. The summed E-state index contributed by atoms with van der Waals surface area (Å²) in [6.45, 7) is 5.92. The Morgan fingerprint density at radius 3 is 2.47 bits per heavy atom. The SMILES string of the molecule is Cc1ccc(C(=O)O)cc1-n1c(C)cc([C@H]2[C@H](c3ccccn3)NC(=S)N2c2ccccc2F)c1C. The van der Waals surface area contributed by atoms with E-state index in [0.717, 1.165) is 33.9 Å². The number of nitrogens with one attached hydrogen (secondary N) is 1. The van der Waals surface area contributed by atoms with E-state index in [9.17, 15) is 9.90 Å². The Hall–Kier alpha value is -4.04. The Labute approximate surface area is 214 Å². The fourth-order valence-electron chi connectivity index (χ4n) is 5.02. The first kappa shape index (κ1) is 23.7. The van der Waals surface area contributed by atoms with Gasteiger partial charge in [-0.15, -0.1) is 0 Å². The lowest BCUT2D eigenvalue weighted by Gasteiger charge is -2.28. The second kappa shape index (κ2) is 9.20. The van der Waals surface area contributed by atoms with Gasteiger partial charge in [0.1, 0.15) is 5.82 Å². The van der Waals surface area contributed by atoms with Crippen LogP contribution in [0.4, 0.5) is 10.1 Å². The third kappa shape index (κ3) is 3.93. The van der Waals surface area contributed by atoms with Crippen LogP contribution in [-0.2, 0) is 0 Å². The fourth-order valence-corrected chi connectivity index (χ4v) is 5.36. The summed E-state index contributed by atoms with van der Waals surface area (Å²) in [6, 6.07) is 18.7. The number of thiocarbonyl (C=S) groups is 1. The quantitative estimate of drug-likeness (QED) is 0.337. The normalized spacial score (nSPS) is 17.3. The minimum absolute atomic E-state index is 0.215. The Morgan fingerprint density at radius 2 is 1.78 bits per heavy atom. The van der Waals surface area contributed by atoms with Gasteiger partial charge >= 0.3 is 5.97 Å². The van der Waals surface area contributed by atoms with Crippen LogP contribution in [0.5, 0.6) is 0 Å². The fraction of sp³-hybridized carbons (Fsp3) is 0.179. The molecule has 1 fully saturated rings. The topological polar surface area (TPSA) is 70.4 Å². The van der Waals surface area contributed by atoms with Crippen molar-refractivity contribution in [3.63, 3.8) is 0 Å². The minimum Gasteiger partial charge on any atom is -0.478 e. The van der Waals surface area contributed by atoms with Gasteiger partial charge in [0, 0.05) is 23.3 Å². The van der Waals surface area contributed by atoms with E-state index in [0.29, 0.717) is 10.8 Å². The van der Waals surface area contributed by atoms with Crippen molar-refractivity contribution in [2.75, 3.05) is 4.90 Å². The predicted molar refractivity (Wildman–Crippen MR) is 141 cm³/mol. The Kier molecular flexibility index (Phi) is 6.05. The largest absolute Gasteiger partial charge is 0.478 e. The highest BCUT2D eigenvalue weighted by Gasteiger charge is 2.43. The zero-order valence-corrected chi connectivity index (χ0v) is 20.9. The molecule has 2 aromatic heterocycles. The number of carbonyl (C=O) groups is 1. The first-order valence-corrected chi connectivity index (χ1v) is 12.0. The molecular weight excluding hydrogens is 475 g/mol. The van der Waals surface area contributed by atoms with E-state index in [1.54, 1.807) is 36.5 Å². The maximum atomic E-state index is 15.1. The average Bonchev–Trinajstić information content (AvgIpc) is 3.35. The van der Waals surface area contributed by atoms with E-state index in [2.05, 4.69) is 16.4 Å². The van der Waals surface area contributed by atoms with E-state index < -0.39 is 5.97 Å². The summed E-state index contributed by atoms with van der Waals surface area (Å²) in [5.41, 5.74) is 5.91. The number of nitrogens with zero attached hydrogens (tertiary/aromatic N) is 3. The molecule has 2 atom stereocenters. The first-order valence-electron chi connectivity index (χ1n) is 11.6. The number of aryl methyl sites for hydroxylation is 2. The number of hydrogen-bond donors (Lipinski definition) is 2.